The third-order valence-electron chi connectivity index (χ3n) is 5.52. The minimum absolute atomic E-state index is 0.0503. The number of hydrogen-bond donors (Lipinski definition) is 3. The van der Waals surface area contributed by atoms with Gasteiger partial charge < -0.3 is 16.4 Å². The van der Waals surface area contributed by atoms with Crippen LogP contribution in [0.3, 0.4) is 0 Å². The van der Waals surface area contributed by atoms with Gasteiger partial charge in [0.15, 0.2) is 0 Å². The second-order valence-electron chi connectivity index (χ2n) is 7.79. The van der Waals surface area contributed by atoms with E-state index in [1.165, 1.54) is 34.8 Å². The minimum atomic E-state index is -3.52. The molecule has 0 saturated carbocycles. The molecule has 0 aliphatic carbocycles. The summed E-state index contributed by atoms with van der Waals surface area (Å²) in [5.41, 5.74) is 6.07. The molecule has 1 aliphatic heterocycles. The molecule has 3 aromatic rings. The Kier molecular flexibility index (Phi) is 6.75. The number of benzene rings is 2. The molecule has 34 heavy (non-hydrogen) atoms. The highest BCUT2D eigenvalue weighted by molar-refractivity contribution is 7.89. The van der Waals surface area contributed by atoms with E-state index in [9.17, 15) is 22.0 Å². The van der Waals surface area contributed by atoms with Gasteiger partial charge in [0.2, 0.25) is 10.0 Å². The highest BCUT2D eigenvalue weighted by atomic mass is 32.2. The highest BCUT2D eigenvalue weighted by Crippen LogP contribution is 2.26. The summed E-state index contributed by atoms with van der Waals surface area (Å²) in [6.07, 6.45) is 2.95. The maximum absolute atomic E-state index is 14.0. The van der Waals surface area contributed by atoms with Crippen LogP contribution >= 0.6 is 0 Å². The van der Waals surface area contributed by atoms with Crippen molar-refractivity contribution in [3.8, 4) is 0 Å². The molecule has 1 saturated heterocycles. The molecule has 1 aromatic heterocycles. The van der Waals surface area contributed by atoms with Gasteiger partial charge in [-0.15, -0.1) is 0 Å². The lowest BCUT2D eigenvalue weighted by Crippen LogP contribution is -2.27. The average molecular weight is 488 g/mol. The smallest absolute Gasteiger partial charge is 0.252 e. The standard InChI is InChI=1S/C23H23F2N5O3S/c24-19-4-3-5-20(25)17(19)13-27-21-12-22(28-14-18(21)23(26)31)29-15-6-8-16(9-7-15)34(32,33)30-10-1-2-11-30/h3-9,12,14H,1-2,10-11,13H2,(H2,26,31)(H2,27,28,29). The van der Waals surface area contributed by atoms with E-state index >= 15 is 0 Å². The molecule has 0 spiro atoms. The molecule has 2 aromatic carbocycles. The Balaban J connectivity index is 1.53. The van der Waals surface area contributed by atoms with Gasteiger partial charge in [0, 0.05) is 43.1 Å². The first kappa shape index (κ1) is 23.6. The second kappa shape index (κ2) is 9.74. The van der Waals surface area contributed by atoms with Crippen LogP contribution in [0.2, 0.25) is 0 Å². The number of halogens is 2. The molecule has 8 nitrogen and oxygen atoms in total. The van der Waals surface area contributed by atoms with Crippen molar-refractivity contribution in [3.63, 3.8) is 0 Å². The van der Waals surface area contributed by atoms with E-state index in [2.05, 4.69) is 15.6 Å². The molecule has 2 heterocycles. The van der Waals surface area contributed by atoms with Gasteiger partial charge in [-0.25, -0.2) is 22.2 Å². The van der Waals surface area contributed by atoms with Gasteiger partial charge in [0.25, 0.3) is 5.91 Å². The van der Waals surface area contributed by atoms with Gasteiger partial charge in [-0.3, -0.25) is 4.79 Å². The fourth-order valence-electron chi connectivity index (χ4n) is 3.69. The van der Waals surface area contributed by atoms with Crippen LogP contribution in [0.5, 0.6) is 0 Å². The molecule has 1 amide bonds. The lowest BCUT2D eigenvalue weighted by molar-refractivity contribution is 0.100. The number of carbonyl (C=O) groups excluding carboxylic acids is 1. The van der Waals surface area contributed by atoms with Gasteiger partial charge in [0.05, 0.1) is 16.1 Å². The van der Waals surface area contributed by atoms with Crippen molar-refractivity contribution in [2.75, 3.05) is 23.7 Å². The SMILES string of the molecule is NC(=O)c1cnc(Nc2ccc(S(=O)(=O)N3CCCC3)cc2)cc1NCc1c(F)cccc1F. The fraction of sp³-hybridized carbons (Fsp3) is 0.217. The molecule has 11 heteroatoms. The van der Waals surface area contributed by atoms with Crippen LogP contribution in [0.25, 0.3) is 0 Å². The van der Waals surface area contributed by atoms with Crippen LogP contribution in [0.15, 0.2) is 59.6 Å². The maximum Gasteiger partial charge on any atom is 0.252 e. The number of amides is 1. The van der Waals surface area contributed by atoms with Gasteiger partial charge >= 0.3 is 0 Å². The highest BCUT2D eigenvalue weighted by Gasteiger charge is 2.26. The van der Waals surface area contributed by atoms with Crippen LogP contribution in [-0.4, -0.2) is 36.7 Å². The van der Waals surface area contributed by atoms with Crippen molar-refractivity contribution in [2.24, 2.45) is 5.73 Å². The van der Waals surface area contributed by atoms with Gasteiger partial charge in [-0.1, -0.05) is 6.07 Å². The zero-order valence-electron chi connectivity index (χ0n) is 18.1. The predicted molar refractivity (Wildman–Crippen MR) is 124 cm³/mol. The Morgan fingerprint density at radius 2 is 1.71 bits per heavy atom. The summed E-state index contributed by atoms with van der Waals surface area (Å²) in [5.74, 6) is -1.88. The van der Waals surface area contributed by atoms with Crippen LogP contribution in [0.1, 0.15) is 28.8 Å². The number of carbonyl (C=O) groups is 1. The third-order valence-corrected chi connectivity index (χ3v) is 7.43. The maximum atomic E-state index is 14.0. The molecule has 178 valence electrons. The first-order valence-corrected chi connectivity index (χ1v) is 12.0. The number of nitrogens with zero attached hydrogens (tertiary/aromatic N) is 2. The quantitative estimate of drug-likeness (QED) is 0.447. The Morgan fingerprint density at radius 3 is 2.32 bits per heavy atom. The van der Waals surface area contributed by atoms with E-state index in [1.807, 2.05) is 0 Å². The molecular weight excluding hydrogens is 464 g/mol. The zero-order valence-corrected chi connectivity index (χ0v) is 18.9. The number of anilines is 3. The summed E-state index contributed by atoms with van der Waals surface area (Å²) in [6.45, 7) is 0.821. The molecular formula is C23H23F2N5O3S. The largest absolute Gasteiger partial charge is 0.380 e. The van der Waals surface area contributed by atoms with Crippen LogP contribution in [0, 0.1) is 11.6 Å². The average Bonchev–Trinajstić information content (AvgIpc) is 3.35. The van der Waals surface area contributed by atoms with Crippen molar-refractivity contribution in [3.05, 3.63) is 77.5 Å². The van der Waals surface area contributed by atoms with Crippen LogP contribution < -0.4 is 16.4 Å². The normalized spacial score (nSPS) is 14.2. The Hall–Kier alpha value is -3.57. The van der Waals surface area contributed by atoms with E-state index in [4.69, 9.17) is 5.73 Å². The minimum Gasteiger partial charge on any atom is -0.380 e. The van der Waals surface area contributed by atoms with E-state index in [0.29, 0.717) is 24.6 Å². The van der Waals surface area contributed by atoms with E-state index in [-0.39, 0.29) is 28.3 Å². The van der Waals surface area contributed by atoms with Gasteiger partial charge in [-0.05, 0) is 49.2 Å². The number of primary amides is 1. The van der Waals surface area contributed by atoms with Crippen molar-refractivity contribution in [2.45, 2.75) is 24.3 Å². The van der Waals surface area contributed by atoms with Crippen LogP contribution in [0.4, 0.5) is 26.0 Å². The monoisotopic (exact) mass is 487 g/mol. The van der Waals surface area contributed by atoms with Gasteiger partial charge in [-0.2, -0.15) is 4.31 Å². The van der Waals surface area contributed by atoms with Crippen molar-refractivity contribution < 1.29 is 22.0 Å². The van der Waals surface area contributed by atoms with Gasteiger partial charge in [0.1, 0.15) is 17.5 Å². The topological polar surface area (TPSA) is 117 Å². The first-order chi connectivity index (χ1) is 16.3. The lowest BCUT2D eigenvalue weighted by Gasteiger charge is -2.16. The number of sulfonamides is 1. The van der Waals surface area contributed by atoms with E-state index in [0.717, 1.165) is 25.0 Å². The summed E-state index contributed by atoms with van der Waals surface area (Å²) in [5, 5.41) is 5.85. The Bertz CT molecular complexity index is 1290. The first-order valence-electron chi connectivity index (χ1n) is 10.6. The summed E-state index contributed by atoms with van der Waals surface area (Å²) >= 11 is 0. The molecule has 0 radical (unpaired) electrons. The summed E-state index contributed by atoms with van der Waals surface area (Å²) in [7, 11) is -3.52. The number of nitrogens with one attached hydrogen (secondary N) is 2. The number of pyridine rings is 1. The van der Waals surface area contributed by atoms with Crippen molar-refractivity contribution in [1.29, 1.82) is 0 Å². The molecule has 0 unspecified atom stereocenters. The second-order valence-corrected chi connectivity index (χ2v) is 9.73. The Labute approximate surface area is 195 Å². The summed E-state index contributed by atoms with van der Waals surface area (Å²) in [6, 6.07) is 11.3. The number of hydrogen-bond acceptors (Lipinski definition) is 6. The van der Waals surface area contributed by atoms with E-state index < -0.39 is 27.6 Å². The number of aromatic nitrogens is 1. The van der Waals surface area contributed by atoms with Crippen molar-refractivity contribution in [1.82, 2.24) is 9.29 Å². The van der Waals surface area contributed by atoms with Crippen molar-refractivity contribution >= 4 is 33.1 Å². The fourth-order valence-corrected chi connectivity index (χ4v) is 5.20. The third kappa shape index (κ3) is 5.00. The molecule has 4 rings (SSSR count). The Morgan fingerprint density at radius 1 is 1.06 bits per heavy atom. The number of nitrogens with two attached hydrogens (primary N) is 1. The molecule has 4 N–H and O–H groups in total. The lowest BCUT2D eigenvalue weighted by atomic mass is 10.1. The van der Waals surface area contributed by atoms with Crippen LogP contribution in [-0.2, 0) is 16.6 Å². The molecule has 0 bridgehead atoms. The molecule has 1 aliphatic rings. The van der Waals surface area contributed by atoms with E-state index in [1.54, 1.807) is 12.1 Å². The number of rotatable bonds is 8. The summed E-state index contributed by atoms with van der Waals surface area (Å²) in [4.78, 5) is 16.1. The summed E-state index contributed by atoms with van der Waals surface area (Å²) < 4.78 is 54.7. The predicted octanol–water partition coefficient (Wildman–Crippen LogP) is 3.60. The molecule has 1 fully saturated rings. The molecule has 0 atom stereocenters. The zero-order chi connectivity index (χ0) is 24.3.